The Kier molecular flexibility index (Phi) is 4.34. The molecule has 2 atom stereocenters. The molecule has 106 valence electrons. The summed E-state index contributed by atoms with van der Waals surface area (Å²) in [5, 5.41) is 3.20. The molecule has 2 aliphatic rings. The fourth-order valence-electron chi connectivity index (χ4n) is 3.56. The Balaban J connectivity index is 2.02. The van der Waals surface area contributed by atoms with E-state index in [4.69, 9.17) is 4.74 Å². The molecule has 1 aliphatic carbocycles. The summed E-state index contributed by atoms with van der Waals surface area (Å²) in [5.41, 5.74) is 0.0650. The van der Waals surface area contributed by atoms with Crippen LogP contribution >= 0.6 is 0 Å². The maximum absolute atomic E-state index is 11.5. The SMILES string of the molecule is CNC(CS(C)(=O)=O)C1CCOC2(CCCC2)C1. The summed E-state index contributed by atoms with van der Waals surface area (Å²) >= 11 is 0. The third-order valence-corrected chi connectivity index (χ3v) is 5.43. The lowest BCUT2D eigenvalue weighted by molar-refractivity contribution is -0.0965. The first-order chi connectivity index (χ1) is 8.44. The van der Waals surface area contributed by atoms with Crippen LogP contribution in [-0.2, 0) is 14.6 Å². The predicted molar refractivity (Wildman–Crippen MR) is 72.4 cm³/mol. The highest BCUT2D eigenvalue weighted by molar-refractivity contribution is 7.90. The minimum atomic E-state index is -2.92. The van der Waals surface area contributed by atoms with Crippen molar-refractivity contribution in [3.05, 3.63) is 0 Å². The third-order valence-electron chi connectivity index (χ3n) is 4.47. The van der Waals surface area contributed by atoms with E-state index >= 15 is 0 Å². The van der Waals surface area contributed by atoms with E-state index in [1.807, 2.05) is 7.05 Å². The van der Waals surface area contributed by atoms with E-state index in [1.165, 1.54) is 19.1 Å². The van der Waals surface area contributed by atoms with Gasteiger partial charge >= 0.3 is 0 Å². The van der Waals surface area contributed by atoms with E-state index in [0.29, 0.717) is 5.92 Å². The molecule has 1 saturated heterocycles. The Morgan fingerprint density at radius 2 is 2.06 bits per heavy atom. The average molecular weight is 275 g/mol. The number of hydrogen-bond donors (Lipinski definition) is 1. The van der Waals surface area contributed by atoms with Crippen molar-refractivity contribution in [3.63, 3.8) is 0 Å². The number of nitrogens with one attached hydrogen (secondary N) is 1. The monoisotopic (exact) mass is 275 g/mol. The van der Waals surface area contributed by atoms with Crippen LogP contribution in [0.1, 0.15) is 38.5 Å². The van der Waals surface area contributed by atoms with Gasteiger partial charge in [-0.2, -0.15) is 0 Å². The van der Waals surface area contributed by atoms with Crippen LogP contribution in [0.3, 0.4) is 0 Å². The first kappa shape index (κ1) is 14.3. The van der Waals surface area contributed by atoms with E-state index in [0.717, 1.165) is 32.3 Å². The van der Waals surface area contributed by atoms with Gasteiger partial charge in [0.15, 0.2) is 0 Å². The minimum absolute atomic E-state index is 0.0650. The van der Waals surface area contributed by atoms with Gasteiger partial charge in [-0.1, -0.05) is 12.8 Å². The maximum Gasteiger partial charge on any atom is 0.148 e. The van der Waals surface area contributed by atoms with Crippen LogP contribution in [0.4, 0.5) is 0 Å². The van der Waals surface area contributed by atoms with E-state index in [1.54, 1.807) is 0 Å². The molecule has 1 heterocycles. The first-order valence-corrected chi connectivity index (χ1v) is 8.99. The summed E-state index contributed by atoms with van der Waals surface area (Å²) in [4.78, 5) is 0. The van der Waals surface area contributed by atoms with Gasteiger partial charge in [-0.3, -0.25) is 0 Å². The Bertz CT molecular complexity index is 374. The molecule has 1 aliphatic heterocycles. The second kappa shape index (κ2) is 5.47. The zero-order chi connectivity index (χ0) is 13.2. The van der Waals surface area contributed by atoms with Crippen molar-refractivity contribution in [2.45, 2.75) is 50.2 Å². The lowest BCUT2D eigenvalue weighted by Crippen LogP contribution is -2.47. The van der Waals surface area contributed by atoms with Gasteiger partial charge in [0.25, 0.3) is 0 Å². The minimum Gasteiger partial charge on any atom is -0.375 e. The number of hydrogen-bond acceptors (Lipinski definition) is 4. The molecule has 2 fully saturated rings. The Morgan fingerprint density at radius 3 is 2.61 bits per heavy atom. The number of sulfone groups is 1. The molecule has 1 saturated carbocycles. The van der Waals surface area contributed by atoms with Crippen molar-refractivity contribution in [1.29, 1.82) is 0 Å². The van der Waals surface area contributed by atoms with Crippen LogP contribution in [0.2, 0.25) is 0 Å². The van der Waals surface area contributed by atoms with Crippen LogP contribution in [-0.4, -0.2) is 45.7 Å². The summed E-state index contributed by atoms with van der Waals surface area (Å²) in [6, 6.07) is 0.0707. The highest BCUT2D eigenvalue weighted by Crippen LogP contribution is 2.42. The van der Waals surface area contributed by atoms with Crippen molar-refractivity contribution in [2.75, 3.05) is 25.7 Å². The Hall–Kier alpha value is -0.130. The van der Waals surface area contributed by atoms with Crippen molar-refractivity contribution in [2.24, 2.45) is 5.92 Å². The molecule has 1 N–H and O–H groups in total. The summed E-state index contributed by atoms with van der Waals surface area (Å²) in [7, 11) is -1.06. The van der Waals surface area contributed by atoms with Gasteiger partial charge in [0.2, 0.25) is 0 Å². The van der Waals surface area contributed by atoms with Gasteiger partial charge in [0.05, 0.1) is 11.4 Å². The fourth-order valence-corrected chi connectivity index (χ4v) is 4.65. The lowest BCUT2D eigenvalue weighted by atomic mass is 9.81. The summed E-state index contributed by atoms with van der Waals surface area (Å²) < 4.78 is 29.0. The maximum atomic E-state index is 11.5. The normalized spacial score (nSPS) is 29.6. The van der Waals surface area contributed by atoms with Gasteiger partial charge in [-0.15, -0.1) is 0 Å². The van der Waals surface area contributed by atoms with Crippen molar-refractivity contribution in [3.8, 4) is 0 Å². The number of rotatable bonds is 4. The predicted octanol–water partition coefficient (Wildman–Crippen LogP) is 1.36. The second-order valence-electron chi connectivity index (χ2n) is 5.98. The van der Waals surface area contributed by atoms with E-state index in [-0.39, 0.29) is 17.4 Å². The van der Waals surface area contributed by atoms with Gasteiger partial charge in [0, 0.05) is 18.9 Å². The topological polar surface area (TPSA) is 55.4 Å². The fraction of sp³-hybridized carbons (Fsp3) is 1.00. The molecule has 4 nitrogen and oxygen atoms in total. The van der Waals surface area contributed by atoms with Crippen molar-refractivity contribution < 1.29 is 13.2 Å². The zero-order valence-corrected chi connectivity index (χ0v) is 12.3. The van der Waals surface area contributed by atoms with Crippen LogP contribution < -0.4 is 5.32 Å². The highest BCUT2D eigenvalue weighted by Gasteiger charge is 2.42. The van der Waals surface area contributed by atoms with Gasteiger partial charge in [-0.05, 0) is 38.6 Å². The molecule has 0 aromatic carbocycles. The quantitative estimate of drug-likeness (QED) is 0.841. The van der Waals surface area contributed by atoms with Crippen molar-refractivity contribution >= 4 is 9.84 Å². The molecule has 0 aromatic rings. The number of ether oxygens (including phenoxy) is 1. The molecule has 0 radical (unpaired) electrons. The van der Waals surface area contributed by atoms with Crippen molar-refractivity contribution in [1.82, 2.24) is 5.32 Å². The van der Waals surface area contributed by atoms with Gasteiger partial charge < -0.3 is 10.1 Å². The largest absolute Gasteiger partial charge is 0.375 e. The first-order valence-electron chi connectivity index (χ1n) is 6.93. The zero-order valence-electron chi connectivity index (χ0n) is 11.4. The average Bonchev–Trinajstić information content (AvgIpc) is 2.73. The van der Waals surface area contributed by atoms with E-state index in [9.17, 15) is 8.42 Å². The molecule has 18 heavy (non-hydrogen) atoms. The Labute approximate surface area is 110 Å². The van der Waals surface area contributed by atoms with E-state index in [2.05, 4.69) is 5.32 Å². The summed E-state index contributed by atoms with van der Waals surface area (Å²) in [6.07, 6.45) is 8.13. The Morgan fingerprint density at radius 1 is 1.39 bits per heavy atom. The molecular formula is C13H25NO3S. The molecule has 2 unspecified atom stereocenters. The molecule has 5 heteroatoms. The molecule has 2 rings (SSSR count). The molecular weight excluding hydrogens is 250 g/mol. The van der Waals surface area contributed by atoms with Crippen LogP contribution in [0, 0.1) is 5.92 Å². The summed E-state index contributed by atoms with van der Waals surface area (Å²) in [5.74, 6) is 0.668. The van der Waals surface area contributed by atoms with Crippen LogP contribution in [0.25, 0.3) is 0 Å². The third kappa shape index (κ3) is 3.45. The standard InChI is InChI=1S/C13H25NO3S/c1-14-12(10-18(2,15)16)11-5-8-17-13(9-11)6-3-4-7-13/h11-12,14H,3-10H2,1-2H3. The van der Waals surface area contributed by atoms with Gasteiger partial charge in [0.1, 0.15) is 9.84 Å². The van der Waals surface area contributed by atoms with Gasteiger partial charge in [-0.25, -0.2) is 8.42 Å². The second-order valence-corrected chi connectivity index (χ2v) is 8.16. The molecule has 0 amide bonds. The van der Waals surface area contributed by atoms with Crippen LogP contribution in [0.15, 0.2) is 0 Å². The molecule has 0 aromatic heterocycles. The lowest BCUT2D eigenvalue weighted by Gasteiger charge is -2.41. The molecule has 1 spiro atoms. The molecule has 0 bridgehead atoms. The van der Waals surface area contributed by atoms with E-state index < -0.39 is 9.84 Å². The van der Waals surface area contributed by atoms with Crippen LogP contribution in [0.5, 0.6) is 0 Å². The smallest absolute Gasteiger partial charge is 0.148 e. The summed E-state index contributed by atoms with van der Waals surface area (Å²) in [6.45, 7) is 0.784. The highest BCUT2D eigenvalue weighted by atomic mass is 32.2.